The quantitative estimate of drug-likeness (QED) is 0.685. The van der Waals surface area contributed by atoms with Crippen molar-refractivity contribution in [2.24, 2.45) is 0 Å². The molecule has 0 radical (unpaired) electrons. The van der Waals surface area contributed by atoms with Crippen LogP contribution < -0.4 is 14.8 Å². The molecular formula is C23H31N3O4. The normalized spacial score (nSPS) is 10.6. The largest absolute Gasteiger partial charge is 0.493 e. The van der Waals surface area contributed by atoms with Gasteiger partial charge in [-0.15, -0.1) is 0 Å². The highest BCUT2D eigenvalue weighted by molar-refractivity contribution is 5.95. The van der Waals surface area contributed by atoms with Gasteiger partial charge in [-0.2, -0.15) is 0 Å². The van der Waals surface area contributed by atoms with Crippen molar-refractivity contribution >= 4 is 17.5 Å². The van der Waals surface area contributed by atoms with E-state index in [-0.39, 0.29) is 24.9 Å². The van der Waals surface area contributed by atoms with Crippen LogP contribution in [0.3, 0.4) is 0 Å². The number of aryl methyl sites for hydroxylation is 2. The van der Waals surface area contributed by atoms with Crippen LogP contribution in [-0.4, -0.2) is 63.0 Å². The third kappa shape index (κ3) is 5.97. The van der Waals surface area contributed by atoms with Crippen LogP contribution in [0.25, 0.3) is 0 Å². The second-order valence-corrected chi connectivity index (χ2v) is 7.39. The third-order valence-corrected chi connectivity index (χ3v) is 4.88. The van der Waals surface area contributed by atoms with E-state index in [1.54, 1.807) is 21.3 Å². The van der Waals surface area contributed by atoms with Crippen molar-refractivity contribution in [3.8, 4) is 11.5 Å². The Bertz CT molecular complexity index is 878. The van der Waals surface area contributed by atoms with E-state index in [2.05, 4.69) is 5.32 Å². The number of carbonyl (C=O) groups excluding carboxylic acids is 2. The number of nitrogens with one attached hydrogen (secondary N) is 1. The Balaban J connectivity index is 1.93. The molecule has 0 spiro atoms. The Hall–Kier alpha value is -3.06. The Morgan fingerprint density at radius 3 is 2.17 bits per heavy atom. The number of para-hydroxylation sites is 2. The number of methoxy groups -OCH3 is 2. The third-order valence-electron chi connectivity index (χ3n) is 4.88. The van der Waals surface area contributed by atoms with Crippen molar-refractivity contribution in [2.75, 3.05) is 46.7 Å². The fraction of sp³-hybridized carbons (Fsp3) is 0.391. The molecule has 2 amide bonds. The van der Waals surface area contributed by atoms with E-state index in [0.717, 1.165) is 22.4 Å². The van der Waals surface area contributed by atoms with Gasteiger partial charge in [0.05, 0.1) is 27.3 Å². The van der Waals surface area contributed by atoms with Gasteiger partial charge in [0.1, 0.15) is 0 Å². The molecule has 2 rings (SSSR count). The topological polar surface area (TPSA) is 71.1 Å². The van der Waals surface area contributed by atoms with Crippen LogP contribution in [0.5, 0.6) is 11.5 Å². The van der Waals surface area contributed by atoms with Gasteiger partial charge in [0.2, 0.25) is 11.8 Å². The average Bonchev–Trinajstić information content (AvgIpc) is 2.70. The van der Waals surface area contributed by atoms with E-state index in [4.69, 9.17) is 9.47 Å². The summed E-state index contributed by atoms with van der Waals surface area (Å²) in [6, 6.07) is 11.5. The van der Waals surface area contributed by atoms with Crippen molar-refractivity contribution in [1.82, 2.24) is 9.80 Å². The standard InChI is InChI=1S/C23H31N3O4/c1-16-9-7-10-17(2)22(16)24-20(27)14-26(4)21(28)15-25(3)13-18-11-8-12-19(29-5)23(18)30-6/h7-12H,13-15H2,1-6H3,(H,24,27). The van der Waals surface area contributed by atoms with Gasteiger partial charge in [-0.3, -0.25) is 14.5 Å². The lowest BCUT2D eigenvalue weighted by molar-refractivity contribution is -0.134. The number of hydrogen-bond acceptors (Lipinski definition) is 5. The number of likely N-dealkylation sites (N-methyl/N-ethyl adjacent to an activating group) is 2. The van der Waals surface area contributed by atoms with Crippen molar-refractivity contribution in [1.29, 1.82) is 0 Å². The summed E-state index contributed by atoms with van der Waals surface area (Å²) in [4.78, 5) is 28.3. The van der Waals surface area contributed by atoms with Crippen molar-refractivity contribution < 1.29 is 19.1 Å². The second kappa shape index (κ2) is 10.6. The first-order valence-corrected chi connectivity index (χ1v) is 9.75. The number of ether oxygens (including phenoxy) is 2. The van der Waals surface area contributed by atoms with Crippen LogP contribution in [0.1, 0.15) is 16.7 Å². The van der Waals surface area contributed by atoms with Crippen LogP contribution >= 0.6 is 0 Å². The maximum absolute atomic E-state index is 12.6. The van der Waals surface area contributed by atoms with Gasteiger partial charge in [-0.05, 0) is 38.1 Å². The number of hydrogen-bond donors (Lipinski definition) is 1. The van der Waals surface area contributed by atoms with Gasteiger partial charge in [0.15, 0.2) is 11.5 Å². The second-order valence-electron chi connectivity index (χ2n) is 7.39. The minimum Gasteiger partial charge on any atom is -0.493 e. The SMILES string of the molecule is COc1cccc(CN(C)CC(=O)N(C)CC(=O)Nc2c(C)cccc2C)c1OC. The first kappa shape index (κ1) is 23.2. The molecule has 0 aromatic heterocycles. The van der Waals surface area contributed by atoms with Crippen LogP contribution in [0.4, 0.5) is 5.69 Å². The summed E-state index contributed by atoms with van der Waals surface area (Å²) in [7, 11) is 6.66. The Morgan fingerprint density at radius 1 is 0.933 bits per heavy atom. The van der Waals surface area contributed by atoms with Gasteiger partial charge in [0, 0.05) is 24.8 Å². The van der Waals surface area contributed by atoms with Crippen LogP contribution in [0.2, 0.25) is 0 Å². The molecule has 0 aliphatic heterocycles. The van der Waals surface area contributed by atoms with E-state index in [0.29, 0.717) is 18.0 Å². The van der Waals surface area contributed by atoms with Crippen LogP contribution in [-0.2, 0) is 16.1 Å². The molecule has 0 heterocycles. The number of anilines is 1. The maximum Gasteiger partial charge on any atom is 0.243 e. The zero-order valence-electron chi connectivity index (χ0n) is 18.6. The molecule has 1 N–H and O–H groups in total. The van der Waals surface area contributed by atoms with Gasteiger partial charge in [-0.1, -0.05) is 30.3 Å². The minimum absolute atomic E-state index is 0.0110. The van der Waals surface area contributed by atoms with Gasteiger partial charge < -0.3 is 19.7 Å². The molecule has 162 valence electrons. The highest BCUT2D eigenvalue weighted by Gasteiger charge is 2.18. The number of amides is 2. The molecule has 0 aliphatic carbocycles. The highest BCUT2D eigenvalue weighted by atomic mass is 16.5. The molecule has 0 atom stereocenters. The molecule has 0 aliphatic rings. The molecular weight excluding hydrogens is 382 g/mol. The molecule has 0 fully saturated rings. The summed E-state index contributed by atoms with van der Waals surface area (Å²) in [6.45, 7) is 4.56. The fourth-order valence-electron chi connectivity index (χ4n) is 3.27. The summed E-state index contributed by atoms with van der Waals surface area (Å²) in [6.07, 6.45) is 0. The predicted molar refractivity (Wildman–Crippen MR) is 118 cm³/mol. The molecule has 7 nitrogen and oxygen atoms in total. The summed E-state index contributed by atoms with van der Waals surface area (Å²) in [5.74, 6) is 0.937. The van der Waals surface area contributed by atoms with E-state index in [9.17, 15) is 9.59 Å². The fourth-order valence-corrected chi connectivity index (χ4v) is 3.27. The summed E-state index contributed by atoms with van der Waals surface area (Å²) in [5.41, 5.74) is 3.70. The number of benzene rings is 2. The number of nitrogens with zero attached hydrogens (tertiary/aromatic N) is 2. The molecule has 0 unspecified atom stereocenters. The molecule has 0 saturated heterocycles. The zero-order chi connectivity index (χ0) is 22.3. The first-order valence-electron chi connectivity index (χ1n) is 9.75. The van der Waals surface area contributed by atoms with Crippen molar-refractivity contribution in [3.63, 3.8) is 0 Å². The Labute approximate surface area is 178 Å². The molecule has 2 aromatic carbocycles. The molecule has 0 saturated carbocycles. The van der Waals surface area contributed by atoms with E-state index in [1.807, 2.05) is 62.2 Å². The highest BCUT2D eigenvalue weighted by Crippen LogP contribution is 2.31. The lowest BCUT2D eigenvalue weighted by atomic mass is 10.1. The van der Waals surface area contributed by atoms with Crippen LogP contribution in [0, 0.1) is 13.8 Å². The number of carbonyl (C=O) groups is 2. The van der Waals surface area contributed by atoms with E-state index in [1.165, 1.54) is 4.90 Å². The molecule has 7 heteroatoms. The summed E-state index contributed by atoms with van der Waals surface area (Å²) < 4.78 is 10.8. The molecule has 0 bridgehead atoms. The summed E-state index contributed by atoms with van der Waals surface area (Å²) >= 11 is 0. The number of rotatable bonds is 9. The summed E-state index contributed by atoms with van der Waals surface area (Å²) in [5, 5.41) is 2.91. The van der Waals surface area contributed by atoms with Gasteiger partial charge >= 0.3 is 0 Å². The lowest BCUT2D eigenvalue weighted by Gasteiger charge is -2.23. The van der Waals surface area contributed by atoms with E-state index >= 15 is 0 Å². The lowest BCUT2D eigenvalue weighted by Crippen LogP contribution is -2.40. The smallest absolute Gasteiger partial charge is 0.243 e. The van der Waals surface area contributed by atoms with Crippen molar-refractivity contribution in [2.45, 2.75) is 20.4 Å². The average molecular weight is 414 g/mol. The monoisotopic (exact) mass is 413 g/mol. The minimum atomic E-state index is -0.222. The predicted octanol–water partition coefficient (Wildman–Crippen LogP) is 2.85. The maximum atomic E-state index is 12.6. The van der Waals surface area contributed by atoms with Crippen LogP contribution in [0.15, 0.2) is 36.4 Å². The molecule has 30 heavy (non-hydrogen) atoms. The Morgan fingerprint density at radius 2 is 1.57 bits per heavy atom. The van der Waals surface area contributed by atoms with Gasteiger partial charge in [0.25, 0.3) is 0 Å². The van der Waals surface area contributed by atoms with Gasteiger partial charge in [-0.25, -0.2) is 0 Å². The first-order chi connectivity index (χ1) is 14.3. The van der Waals surface area contributed by atoms with Crippen molar-refractivity contribution in [3.05, 3.63) is 53.1 Å². The molecule has 2 aromatic rings. The zero-order valence-corrected chi connectivity index (χ0v) is 18.6. The Kier molecular flexibility index (Phi) is 8.24. The van der Waals surface area contributed by atoms with E-state index < -0.39 is 0 Å².